The largest absolute Gasteiger partial charge is 0.452 e. The molecule has 4 aliphatic rings. The summed E-state index contributed by atoms with van der Waals surface area (Å²) in [5.74, 6) is 0.595. The maximum absolute atomic E-state index is 13.5. The third kappa shape index (κ3) is 5.58. The summed E-state index contributed by atoms with van der Waals surface area (Å²) in [5.41, 5.74) is -0.334. The van der Waals surface area contributed by atoms with Crippen molar-refractivity contribution in [1.29, 1.82) is 0 Å². The zero-order chi connectivity index (χ0) is 30.7. The van der Waals surface area contributed by atoms with Gasteiger partial charge in [-0.25, -0.2) is 17.9 Å². The zero-order valence-electron chi connectivity index (χ0n) is 23.7. The van der Waals surface area contributed by atoms with Crippen LogP contribution in [0.1, 0.15) is 54.6 Å². The van der Waals surface area contributed by atoms with Gasteiger partial charge in [0.1, 0.15) is 10.6 Å². The highest BCUT2D eigenvalue weighted by Crippen LogP contribution is 2.55. The minimum Gasteiger partial charge on any atom is -0.452 e. The summed E-state index contributed by atoms with van der Waals surface area (Å²) in [5, 5.41) is 2.60. The van der Waals surface area contributed by atoms with E-state index in [4.69, 9.17) is 27.9 Å². The Morgan fingerprint density at radius 1 is 1.02 bits per heavy atom. The van der Waals surface area contributed by atoms with Crippen LogP contribution in [0.3, 0.4) is 0 Å². The number of rotatable bonds is 8. The molecular weight excluding hydrogens is 615 g/mol. The molecule has 43 heavy (non-hydrogen) atoms. The second kappa shape index (κ2) is 11.0. The molecule has 7 rings (SSSR count). The minimum atomic E-state index is -4.50. The first-order chi connectivity index (χ1) is 20.4. The summed E-state index contributed by atoms with van der Waals surface area (Å²) in [6.45, 7) is 1.08. The van der Waals surface area contributed by atoms with Crippen LogP contribution in [0.2, 0.25) is 10.0 Å². The van der Waals surface area contributed by atoms with Gasteiger partial charge in [0, 0.05) is 12.6 Å². The van der Waals surface area contributed by atoms with Crippen LogP contribution in [0, 0.1) is 24.7 Å². The van der Waals surface area contributed by atoms with Gasteiger partial charge in [-0.3, -0.25) is 19.0 Å². The molecule has 4 aliphatic carbocycles. The number of sulfonamides is 1. The zero-order valence-corrected chi connectivity index (χ0v) is 26.1. The number of halogens is 2. The number of para-hydroxylation sites is 1. The van der Waals surface area contributed by atoms with Gasteiger partial charge >= 0.3 is 5.97 Å². The molecule has 0 saturated heterocycles. The number of esters is 1. The quantitative estimate of drug-likeness (QED) is 0.337. The second-order valence-electron chi connectivity index (χ2n) is 12.1. The normalized spacial score (nSPS) is 24.1. The molecule has 4 saturated carbocycles. The van der Waals surface area contributed by atoms with Gasteiger partial charge in [0.25, 0.3) is 21.5 Å². The number of carbonyl (C=O) groups is 2. The van der Waals surface area contributed by atoms with E-state index >= 15 is 0 Å². The van der Waals surface area contributed by atoms with Gasteiger partial charge in [0.05, 0.1) is 27.0 Å². The molecule has 0 atom stereocenters. The van der Waals surface area contributed by atoms with Gasteiger partial charge in [-0.2, -0.15) is 0 Å². The number of nitrogens with zero attached hydrogens (tertiary/aromatic N) is 2. The summed E-state index contributed by atoms with van der Waals surface area (Å²) < 4.78 is 37.4. The number of nitrogens with one attached hydrogen (secondary N) is 2. The molecule has 4 bridgehead atoms. The van der Waals surface area contributed by atoms with Crippen molar-refractivity contribution in [2.24, 2.45) is 24.8 Å². The Balaban J connectivity index is 1.19. The number of amides is 1. The van der Waals surface area contributed by atoms with Crippen molar-refractivity contribution in [3.63, 3.8) is 0 Å². The van der Waals surface area contributed by atoms with E-state index in [9.17, 15) is 22.8 Å². The van der Waals surface area contributed by atoms with Crippen LogP contribution in [-0.2, 0) is 26.6 Å². The van der Waals surface area contributed by atoms with Gasteiger partial charge < -0.3 is 10.1 Å². The predicted octanol–water partition coefficient (Wildman–Crippen LogP) is 4.83. The fourth-order valence-corrected chi connectivity index (χ4v) is 9.49. The fraction of sp³-hybridized carbons (Fsp3) is 0.433. The molecule has 228 valence electrons. The molecule has 0 unspecified atom stereocenters. The molecule has 10 nitrogen and oxygen atoms in total. The third-order valence-electron chi connectivity index (χ3n) is 9.09. The average Bonchev–Trinajstić information content (AvgIpc) is 3.15. The SMILES string of the molecule is Cc1c(NS(=O)(=O)c2cc(C(=O)OCC(=O)NC34CC5CC(CC(C5)C3)C4)cc(Cl)c2Cl)c(=O)n(-c2ccccc2)n1C. The topological polar surface area (TPSA) is 128 Å². The monoisotopic (exact) mass is 646 g/mol. The lowest BCUT2D eigenvalue weighted by molar-refractivity contribution is -0.130. The van der Waals surface area contributed by atoms with Gasteiger partial charge in [0.2, 0.25) is 0 Å². The number of benzene rings is 2. The molecule has 1 amide bonds. The Bertz CT molecular complexity index is 1750. The van der Waals surface area contributed by atoms with E-state index in [-0.39, 0.29) is 32.7 Å². The van der Waals surface area contributed by atoms with Crippen molar-refractivity contribution in [2.45, 2.75) is 55.9 Å². The summed E-state index contributed by atoms with van der Waals surface area (Å²) in [7, 11) is -2.87. The van der Waals surface area contributed by atoms with Crippen LogP contribution in [0.15, 0.2) is 52.2 Å². The number of aromatic nitrogens is 2. The Kier molecular flexibility index (Phi) is 7.63. The molecule has 0 spiro atoms. The molecule has 1 heterocycles. The summed E-state index contributed by atoms with van der Waals surface area (Å²) in [6.07, 6.45) is 6.56. The van der Waals surface area contributed by atoms with Crippen LogP contribution in [0.4, 0.5) is 5.69 Å². The first kappa shape index (κ1) is 29.8. The van der Waals surface area contributed by atoms with Gasteiger partial charge in [-0.15, -0.1) is 0 Å². The van der Waals surface area contributed by atoms with Gasteiger partial charge in [-0.05, 0) is 87.5 Å². The first-order valence-electron chi connectivity index (χ1n) is 14.2. The van der Waals surface area contributed by atoms with Crippen molar-refractivity contribution in [3.05, 3.63) is 74.1 Å². The highest BCUT2D eigenvalue weighted by molar-refractivity contribution is 7.92. The van der Waals surface area contributed by atoms with E-state index in [1.54, 1.807) is 44.3 Å². The number of hydrogen-bond donors (Lipinski definition) is 2. The number of anilines is 1. The van der Waals surface area contributed by atoms with Gasteiger partial charge in [0.15, 0.2) is 6.61 Å². The van der Waals surface area contributed by atoms with Crippen LogP contribution in [0.5, 0.6) is 0 Å². The molecule has 0 aliphatic heterocycles. The van der Waals surface area contributed by atoms with E-state index in [0.29, 0.717) is 29.1 Å². The smallest absolute Gasteiger partial charge is 0.338 e. The minimum absolute atomic E-state index is 0.187. The summed E-state index contributed by atoms with van der Waals surface area (Å²) in [4.78, 5) is 38.5. The number of carbonyl (C=O) groups excluding carboxylic acids is 2. The number of hydrogen-bond acceptors (Lipinski definition) is 6. The van der Waals surface area contributed by atoms with Gasteiger partial charge in [-0.1, -0.05) is 41.4 Å². The Labute approximate surface area is 259 Å². The maximum Gasteiger partial charge on any atom is 0.338 e. The van der Waals surface area contributed by atoms with Crippen LogP contribution in [-0.4, -0.2) is 41.8 Å². The number of ether oxygens (including phenoxy) is 1. The molecule has 1 aromatic heterocycles. The van der Waals surface area contributed by atoms with Crippen molar-refractivity contribution in [1.82, 2.24) is 14.7 Å². The van der Waals surface area contributed by atoms with E-state index < -0.39 is 33.1 Å². The highest BCUT2D eigenvalue weighted by Gasteiger charge is 2.51. The van der Waals surface area contributed by atoms with Crippen molar-refractivity contribution >= 4 is 50.8 Å². The van der Waals surface area contributed by atoms with Crippen molar-refractivity contribution < 1.29 is 22.7 Å². The summed E-state index contributed by atoms with van der Waals surface area (Å²) in [6, 6.07) is 10.9. The molecule has 4 fully saturated rings. The lowest BCUT2D eigenvalue weighted by Crippen LogP contribution is -2.60. The third-order valence-corrected chi connectivity index (χ3v) is 11.4. The Hall–Kier alpha value is -3.28. The lowest BCUT2D eigenvalue weighted by atomic mass is 9.53. The average molecular weight is 648 g/mol. The molecular formula is C30H32Cl2N4O6S. The first-order valence-corrected chi connectivity index (χ1v) is 16.4. The molecule has 3 aromatic rings. The van der Waals surface area contributed by atoms with Crippen LogP contribution < -0.4 is 15.6 Å². The van der Waals surface area contributed by atoms with Crippen LogP contribution >= 0.6 is 23.2 Å². The Morgan fingerprint density at radius 3 is 2.23 bits per heavy atom. The fourth-order valence-electron chi connectivity index (χ4n) is 7.56. The molecule has 13 heteroatoms. The summed E-state index contributed by atoms with van der Waals surface area (Å²) >= 11 is 12.5. The molecule has 0 radical (unpaired) electrons. The Morgan fingerprint density at radius 2 is 1.63 bits per heavy atom. The molecule has 2 aromatic carbocycles. The molecule has 2 N–H and O–H groups in total. The highest BCUT2D eigenvalue weighted by atomic mass is 35.5. The lowest BCUT2D eigenvalue weighted by Gasteiger charge is -2.56. The van der Waals surface area contributed by atoms with E-state index in [0.717, 1.165) is 25.3 Å². The van der Waals surface area contributed by atoms with Crippen molar-refractivity contribution in [2.75, 3.05) is 11.3 Å². The van der Waals surface area contributed by atoms with Crippen LogP contribution in [0.25, 0.3) is 5.69 Å². The van der Waals surface area contributed by atoms with Crippen molar-refractivity contribution in [3.8, 4) is 5.69 Å². The predicted molar refractivity (Wildman–Crippen MR) is 162 cm³/mol. The van der Waals surface area contributed by atoms with E-state index in [2.05, 4.69) is 10.0 Å². The maximum atomic E-state index is 13.5. The standard InChI is InChI=1S/C30H32Cl2N4O6S/c1-17-27(28(38)36(35(17)2)22-6-4-3-5-7-22)34-43(40,41)24-12-21(11-23(31)26(24)32)29(39)42-16-25(37)33-30-13-18-8-19(14-30)10-20(9-18)15-30/h3-7,11-12,18-20,34H,8-10,13-16H2,1-2H3,(H,33,37). The second-order valence-corrected chi connectivity index (χ2v) is 14.6. The van der Waals surface area contributed by atoms with E-state index in [1.165, 1.54) is 34.7 Å². The van der Waals surface area contributed by atoms with E-state index in [1.807, 2.05) is 0 Å².